The Morgan fingerprint density at radius 3 is 1.71 bits per heavy atom. The average molecular weight is 672 g/mol. The lowest BCUT2D eigenvalue weighted by Crippen LogP contribution is -2.00. The van der Waals surface area contributed by atoms with Crippen molar-refractivity contribution < 1.29 is 8.83 Å². The Labute approximate surface area is 295 Å². The zero-order chi connectivity index (χ0) is 33.5. The highest BCUT2D eigenvalue weighted by Crippen LogP contribution is 2.43. The van der Waals surface area contributed by atoms with E-state index in [9.17, 15) is 0 Å². The summed E-state index contributed by atoms with van der Waals surface area (Å²) >= 11 is 1.83. The minimum absolute atomic E-state index is 0.534. The summed E-state index contributed by atoms with van der Waals surface area (Å²) in [5.74, 6) is 1.65. The van der Waals surface area contributed by atoms with Crippen molar-refractivity contribution in [2.24, 2.45) is 0 Å². The Morgan fingerprint density at radius 2 is 0.941 bits per heavy atom. The predicted molar refractivity (Wildman–Crippen MR) is 209 cm³/mol. The number of benzene rings is 7. The van der Waals surface area contributed by atoms with Crippen molar-refractivity contribution >= 4 is 75.4 Å². The van der Waals surface area contributed by atoms with Gasteiger partial charge in [-0.25, -0.2) is 15.0 Å². The third-order valence-corrected chi connectivity index (χ3v) is 11.0. The predicted octanol–water partition coefficient (Wildman–Crippen LogP) is 12.7. The lowest BCUT2D eigenvalue weighted by atomic mass is 10.0. The summed E-state index contributed by atoms with van der Waals surface area (Å²) in [5.41, 5.74) is 7.96. The molecule has 0 aliphatic heterocycles. The van der Waals surface area contributed by atoms with Crippen LogP contribution in [0.15, 0.2) is 160 Å². The highest BCUT2D eigenvalue weighted by molar-refractivity contribution is 7.26. The van der Waals surface area contributed by atoms with Crippen LogP contribution in [-0.2, 0) is 0 Å². The molecule has 4 aromatic heterocycles. The van der Waals surface area contributed by atoms with E-state index in [4.69, 9.17) is 23.8 Å². The topological polar surface area (TPSA) is 65.0 Å². The Morgan fingerprint density at radius 1 is 0.373 bits per heavy atom. The summed E-state index contributed by atoms with van der Waals surface area (Å²) in [4.78, 5) is 15.2. The van der Waals surface area contributed by atoms with Gasteiger partial charge in [0.25, 0.3) is 0 Å². The van der Waals surface area contributed by atoms with Crippen LogP contribution in [0.2, 0.25) is 0 Å². The molecule has 238 valence electrons. The summed E-state index contributed by atoms with van der Waals surface area (Å²) < 4.78 is 15.7. The van der Waals surface area contributed by atoms with Crippen molar-refractivity contribution in [3.05, 3.63) is 152 Å². The molecular formula is C45H25N3O2S. The molecule has 5 nitrogen and oxygen atoms in total. The van der Waals surface area contributed by atoms with Crippen LogP contribution >= 0.6 is 11.3 Å². The molecule has 0 fully saturated rings. The minimum Gasteiger partial charge on any atom is -0.455 e. The van der Waals surface area contributed by atoms with E-state index in [1.807, 2.05) is 84.1 Å². The van der Waals surface area contributed by atoms with E-state index >= 15 is 0 Å². The van der Waals surface area contributed by atoms with Crippen LogP contribution in [0.3, 0.4) is 0 Å². The molecule has 0 amide bonds. The molecule has 4 heterocycles. The van der Waals surface area contributed by atoms with Crippen LogP contribution < -0.4 is 0 Å². The second kappa shape index (κ2) is 10.9. The molecule has 0 spiro atoms. The van der Waals surface area contributed by atoms with Gasteiger partial charge in [-0.1, -0.05) is 115 Å². The van der Waals surface area contributed by atoms with Gasteiger partial charge in [0, 0.05) is 47.3 Å². The number of para-hydroxylation sites is 3. The largest absolute Gasteiger partial charge is 0.455 e. The van der Waals surface area contributed by atoms with Gasteiger partial charge < -0.3 is 8.83 Å². The molecule has 7 aromatic carbocycles. The van der Waals surface area contributed by atoms with Crippen molar-refractivity contribution in [2.75, 3.05) is 0 Å². The summed E-state index contributed by atoms with van der Waals surface area (Å²) in [6.45, 7) is 0. The molecule has 0 aliphatic carbocycles. The fraction of sp³-hybridized carbons (Fsp3) is 0. The van der Waals surface area contributed by atoms with Crippen LogP contribution in [0.4, 0.5) is 0 Å². The van der Waals surface area contributed by atoms with Gasteiger partial charge in [0.05, 0.1) is 11.1 Å². The van der Waals surface area contributed by atoms with E-state index in [1.165, 1.54) is 25.7 Å². The molecule has 0 atom stereocenters. The van der Waals surface area contributed by atoms with Gasteiger partial charge in [-0.3, -0.25) is 0 Å². The van der Waals surface area contributed by atoms with Crippen LogP contribution in [0, 0.1) is 0 Å². The Hall–Kier alpha value is -6.63. The third kappa shape index (κ3) is 4.37. The van der Waals surface area contributed by atoms with Crippen molar-refractivity contribution in [1.82, 2.24) is 15.0 Å². The van der Waals surface area contributed by atoms with Gasteiger partial charge in [-0.2, -0.15) is 0 Å². The second-order valence-electron chi connectivity index (χ2n) is 12.7. The number of furan rings is 2. The zero-order valence-corrected chi connectivity index (χ0v) is 27.8. The molecule has 0 aliphatic rings. The first-order valence-corrected chi connectivity index (χ1v) is 17.7. The fourth-order valence-corrected chi connectivity index (χ4v) is 8.61. The molecule has 51 heavy (non-hydrogen) atoms. The molecule has 0 N–H and O–H groups in total. The molecule has 0 bridgehead atoms. The third-order valence-electron chi connectivity index (χ3n) is 9.77. The smallest absolute Gasteiger partial charge is 0.167 e. The maximum atomic E-state index is 6.76. The summed E-state index contributed by atoms with van der Waals surface area (Å²) in [5, 5.41) is 6.70. The van der Waals surface area contributed by atoms with E-state index in [0.29, 0.717) is 17.5 Å². The zero-order valence-electron chi connectivity index (χ0n) is 27.0. The number of rotatable bonds is 4. The highest BCUT2D eigenvalue weighted by Gasteiger charge is 2.21. The van der Waals surface area contributed by atoms with E-state index in [1.54, 1.807) is 0 Å². The van der Waals surface area contributed by atoms with E-state index in [-0.39, 0.29) is 0 Å². The van der Waals surface area contributed by atoms with Gasteiger partial charge in [-0.05, 0) is 47.5 Å². The van der Waals surface area contributed by atoms with Crippen molar-refractivity contribution in [1.29, 1.82) is 0 Å². The number of nitrogens with zero attached hydrogens (tertiary/aromatic N) is 3. The molecule has 6 heteroatoms. The molecule has 11 rings (SSSR count). The van der Waals surface area contributed by atoms with Gasteiger partial charge in [0.1, 0.15) is 22.3 Å². The van der Waals surface area contributed by atoms with Crippen LogP contribution in [0.25, 0.3) is 109 Å². The maximum Gasteiger partial charge on any atom is 0.167 e. The molecule has 0 unspecified atom stereocenters. The first kappa shape index (κ1) is 28.2. The molecule has 0 saturated carbocycles. The highest BCUT2D eigenvalue weighted by atomic mass is 32.1. The average Bonchev–Trinajstić information content (AvgIpc) is 3.89. The second-order valence-corrected chi connectivity index (χ2v) is 13.8. The summed E-state index contributed by atoms with van der Waals surface area (Å²) in [6, 6.07) is 52.1. The Balaban J connectivity index is 1.11. The molecule has 11 aromatic rings. The first-order valence-electron chi connectivity index (χ1n) is 16.9. The summed E-state index contributed by atoms with van der Waals surface area (Å²) in [7, 11) is 0. The number of thiophene rings is 1. The van der Waals surface area contributed by atoms with Gasteiger partial charge >= 0.3 is 0 Å². The number of aromatic nitrogens is 3. The number of fused-ring (bicyclic) bond motifs is 9. The standard InChI is InChI=1S/C45H25N3O2S/c1-2-11-26(12-3-1)43-46-44(35-19-9-16-32-29-13-4-6-21-37(29)49-40(32)35)48-45(47-43)36-20-10-17-33-30-24-23-27(25-38(30)50-41(33)36)28-15-8-18-34-31-14-5-7-22-39(31)51-42(28)34/h1-25H. The van der Waals surface area contributed by atoms with E-state index in [0.717, 1.165) is 66.1 Å². The number of hydrogen-bond donors (Lipinski definition) is 0. The van der Waals surface area contributed by atoms with E-state index in [2.05, 4.69) is 78.9 Å². The lowest BCUT2D eigenvalue weighted by Gasteiger charge is -2.09. The van der Waals surface area contributed by atoms with Gasteiger partial charge in [0.15, 0.2) is 17.5 Å². The fourth-order valence-electron chi connectivity index (χ4n) is 7.37. The normalized spacial score (nSPS) is 11.9. The maximum absolute atomic E-state index is 6.76. The molecule has 0 radical (unpaired) electrons. The van der Waals surface area contributed by atoms with Crippen molar-refractivity contribution in [3.8, 4) is 45.3 Å². The van der Waals surface area contributed by atoms with Crippen LogP contribution in [0.5, 0.6) is 0 Å². The van der Waals surface area contributed by atoms with Gasteiger partial charge in [-0.15, -0.1) is 11.3 Å². The van der Waals surface area contributed by atoms with Crippen LogP contribution in [-0.4, -0.2) is 15.0 Å². The molecular weight excluding hydrogens is 647 g/mol. The Kier molecular flexibility index (Phi) is 6.05. The number of hydrogen-bond acceptors (Lipinski definition) is 6. The quantitative estimate of drug-likeness (QED) is 0.186. The lowest BCUT2D eigenvalue weighted by molar-refractivity contribution is 0.669. The SMILES string of the molecule is c1ccc(-c2nc(-c3cccc4c3oc3ccccc34)nc(-c3cccc4c3oc3cc(-c5cccc6c5sc5ccccc56)ccc34)n2)cc1. The molecule has 0 saturated heterocycles. The van der Waals surface area contributed by atoms with Gasteiger partial charge in [0.2, 0.25) is 0 Å². The van der Waals surface area contributed by atoms with Crippen LogP contribution in [0.1, 0.15) is 0 Å². The Bertz CT molecular complexity index is 3160. The first-order chi connectivity index (χ1) is 25.3. The summed E-state index contributed by atoms with van der Waals surface area (Å²) in [6.07, 6.45) is 0. The monoisotopic (exact) mass is 671 g/mol. The van der Waals surface area contributed by atoms with Crippen molar-refractivity contribution in [3.63, 3.8) is 0 Å². The van der Waals surface area contributed by atoms with E-state index < -0.39 is 0 Å². The minimum atomic E-state index is 0.534. The van der Waals surface area contributed by atoms with Crippen molar-refractivity contribution in [2.45, 2.75) is 0 Å².